The summed E-state index contributed by atoms with van der Waals surface area (Å²) < 4.78 is 13.9. The first-order valence-electron chi connectivity index (χ1n) is 23.0. The van der Waals surface area contributed by atoms with Crippen LogP contribution in [0.5, 0.6) is 5.75 Å². The molecule has 2 aromatic heterocycles. The summed E-state index contributed by atoms with van der Waals surface area (Å²) in [5.41, 5.74) is 3.33. The molecule has 19 heteroatoms. The number of nitrogens with one attached hydrogen (secondary N) is 3. The Morgan fingerprint density at radius 1 is 0.970 bits per heavy atom. The number of amides is 4. The summed E-state index contributed by atoms with van der Waals surface area (Å²) in [6, 6.07) is 11.0. The van der Waals surface area contributed by atoms with Crippen molar-refractivity contribution in [3.63, 3.8) is 0 Å². The van der Waals surface area contributed by atoms with Crippen molar-refractivity contribution < 1.29 is 28.7 Å². The lowest BCUT2D eigenvalue weighted by Crippen LogP contribution is -2.59. The maximum absolute atomic E-state index is 13.4. The fourth-order valence-electron chi connectivity index (χ4n) is 10.1. The highest BCUT2D eigenvalue weighted by atomic mass is 35.5. The molecular formula is C47H56Cl2N10O7. The second-order valence-corrected chi connectivity index (χ2v) is 18.9. The standard InChI is InChI=1S/C47H56Cl2N10O7/c1-5-29-23-56(16-17-57(29)37-9-7-33-34(42(37)49)24-58(45(33)63)38-10-11-40(60)53-44(38)62)30-20-32(21-30)66-31-12-14-55(15-13-31)47-51-22-35(48)43(54-47)52-28-6-8-36-27(18-28)19-39(65-25-41(61)50-4)46(64)59(36)26(2)3/h6-9,18-19,22,26,29-32,38H,5,10-17,20-21,23-25H2,1-4H3,(H,50,61)(H,51,52,54)(H,53,60,62)/t29-,30?,32?,38?/m1/s1. The largest absolute Gasteiger partial charge is 0.478 e. The lowest BCUT2D eigenvalue weighted by Gasteiger charge is -2.50. The highest BCUT2D eigenvalue weighted by Gasteiger charge is 2.43. The molecular weight excluding hydrogens is 887 g/mol. The van der Waals surface area contributed by atoms with Crippen LogP contribution in [-0.2, 0) is 25.7 Å². The van der Waals surface area contributed by atoms with Crippen LogP contribution in [0.3, 0.4) is 0 Å². The van der Waals surface area contributed by atoms with Crippen LogP contribution in [0.25, 0.3) is 10.9 Å². The number of nitrogens with zero attached hydrogens (tertiary/aromatic N) is 7. The number of hydrogen-bond acceptors (Lipinski definition) is 13. The number of fused-ring (bicyclic) bond motifs is 2. The van der Waals surface area contributed by atoms with E-state index in [0.717, 1.165) is 87.0 Å². The highest BCUT2D eigenvalue weighted by molar-refractivity contribution is 6.35. The van der Waals surface area contributed by atoms with Gasteiger partial charge >= 0.3 is 0 Å². The van der Waals surface area contributed by atoms with Gasteiger partial charge < -0.3 is 39.4 Å². The first-order valence-corrected chi connectivity index (χ1v) is 23.7. The Labute approximate surface area is 393 Å². The number of carbonyl (C=O) groups excluding carboxylic acids is 4. The number of carbonyl (C=O) groups is 4. The molecule has 9 rings (SSSR count). The molecule has 0 spiro atoms. The van der Waals surface area contributed by atoms with Gasteiger partial charge in [-0.3, -0.25) is 34.2 Å². The first kappa shape index (κ1) is 45.7. The zero-order valence-electron chi connectivity index (χ0n) is 37.6. The van der Waals surface area contributed by atoms with Crippen molar-refractivity contribution in [2.24, 2.45) is 0 Å². The topological polar surface area (TPSA) is 184 Å². The number of piperidine rings is 2. The predicted molar refractivity (Wildman–Crippen MR) is 252 cm³/mol. The van der Waals surface area contributed by atoms with E-state index in [1.165, 1.54) is 7.05 Å². The minimum atomic E-state index is -0.681. The number of rotatable bonds is 13. The van der Waals surface area contributed by atoms with Crippen molar-refractivity contribution in [3.05, 3.63) is 74.1 Å². The summed E-state index contributed by atoms with van der Waals surface area (Å²) in [7, 11) is 1.51. The van der Waals surface area contributed by atoms with E-state index in [-0.39, 0.29) is 72.9 Å². The van der Waals surface area contributed by atoms with Gasteiger partial charge in [0.25, 0.3) is 17.4 Å². The number of ether oxygens (including phenoxy) is 2. The Balaban J connectivity index is 0.765. The van der Waals surface area contributed by atoms with Gasteiger partial charge in [-0.25, -0.2) is 4.98 Å². The summed E-state index contributed by atoms with van der Waals surface area (Å²) in [4.78, 5) is 80.9. The molecule has 6 heterocycles. The second kappa shape index (κ2) is 19.0. The summed E-state index contributed by atoms with van der Waals surface area (Å²) in [6.45, 7) is 10.2. The minimum absolute atomic E-state index is 0.0905. The summed E-state index contributed by atoms with van der Waals surface area (Å²) >= 11 is 13.7. The van der Waals surface area contributed by atoms with E-state index in [9.17, 15) is 24.0 Å². The number of likely N-dealkylation sites (N-methyl/N-ethyl adjacent to an activating group) is 1. The molecule has 4 aromatic rings. The number of aromatic nitrogens is 3. The quantitative estimate of drug-likeness (QED) is 0.145. The number of halogens is 2. The third-order valence-corrected chi connectivity index (χ3v) is 14.5. The molecule has 3 N–H and O–H groups in total. The first-order chi connectivity index (χ1) is 31.8. The van der Waals surface area contributed by atoms with E-state index in [1.54, 1.807) is 21.7 Å². The average molecular weight is 944 g/mol. The zero-order chi connectivity index (χ0) is 46.4. The van der Waals surface area contributed by atoms with Gasteiger partial charge in [-0.15, -0.1) is 0 Å². The van der Waals surface area contributed by atoms with Gasteiger partial charge in [0.1, 0.15) is 11.1 Å². The number of hydrogen-bond donors (Lipinski definition) is 3. The van der Waals surface area contributed by atoms with Crippen molar-refractivity contribution in [1.82, 2.24) is 35.0 Å². The smallest absolute Gasteiger partial charge is 0.293 e. The minimum Gasteiger partial charge on any atom is -0.478 e. The molecule has 4 amide bonds. The van der Waals surface area contributed by atoms with Crippen LogP contribution in [0, 0.1) is 0 Å². The summed E-state index contributed by atoms with van der Waals surface area (Å²) in [5.74, 6) is -0.163. The maximum atomic E-state index is 13.4. The van der Waals surface area contributed by atoms with Crippen LogP contribution in [0.4, 0.5) is 23.1 Å². The zero-order valence-corrected chi connectivity index (χ0v) is 39.2. The van der Waals surface area contributed by atoms with E-state index < -0.39 is 11.9 Å². The van der Waals surface area contributed by atoms with Gasteiger partial charge in [-0.1, -0.05) is 30.1 Å². The molecule has 4 fully saturated rings. The van der Waals surface area contributed by atoms with Crippen LogP contribution in [-0.4, -0.2) is 125 Å². The fourth-order valence-corrected chi connectivity index (χ4v) is 10.5. The van der Waals surface area contributed by atoms with Crippen LogP contribution >= 0.6 is 23.2 Å². The third-order valence-electron chi connectivity index (χ3n) is 13.8. The Bertz CT molecular complexity index is 2610. The molecule has 2 aromatic carbocycles. The van der Waals surface area contributed by atoms with Gasteiger partial charge in [-0.2, -0.15) is 4.98 Å². The Hall–Kier alpha value is -5.49. The number of piperazine rings is 1. The number of imide groups is 1. The van der Waals surface area contributed by atoms with Gasteiger partial charge in [0, 0.05) is 93.1 Å². The molecule has 4 aliphatic heterocycles. The van der Waals surface area contributed by atoms with Crippen molar-refractivity contribution in [1.29, 1.82) is 0 Å². The predicted octanol–water partition coefficient (Wildman–Crippen LogP) is 5.43. The second-order valence-electron chi connectivity index (χ2n) is 18.1. The van der Waals surface area contributed by atoms with Crippen molar-refractivity contribution in [3.8, 4) is 5.75 Å². The van der Waals surface area contributed by atoms with Crippen LogP contribution < -0.4 is 36.0 Å². The Kier molecular flexibility index (Phi) is 13.2. The molecule has 350 valence electrons. The highest BCUT2D eigenvalue weighted by Crippen LogP contribution is 2.41. The van der Waals surface area contributed by atoms with Gasteiger partial charge in [0.15, 0.2) is 18.2 Å². The summed E-state index contributed by atoms with van der Waals surface area (Å²) in [6.07, 6.45) is 7.16. The van der Waals surface area contributed by atoms with Crippen LogP contribution in [0.2, 0.25) is 10.0 Å². The van der Waals surface area contributed by atoms with Gasteiger partial charge in [0.2, 0.25) is 17.8 Å². The molecule has 1 unspecified atom stereocenters. The van der Waals surface area contributed by atoms with E-state index >= 15 is 0 Å². The molecule has 3 saturated heterocycles. The normalized spacial score (nSPS) is 22.7. The molecule has 66 heavy (non-hydrogen) atoms. The average Bonchev–Trinajstić information content (AvgIpc) is 3.63. The molecule has 1 aliphatic carbocycles. The molecule has 17 nitrogen and oxygen atoms in total. The Morgan fingerprint density at radius 3 is 2.48 bits per heavy atom. The fraction of sp³-hybridized carbons (Fsp3) is 0.511. The van der Waals surface area contributed by atoms with Crippen molar-refractivity contribution in [2.45, 2.75) is 109 Å². The lowest BCUT2D eigenvalue weighted by molar-refractivity contribution is -0.137. The summed E-state index contributed by atoms with van der Waals surface area (Å²) in [5, 5.41) is 9.90. The third kappa shape index (κ3) is 9.02. The van der Waals surface area contributed by atoms with Crippen molar-refractivity contribution in [2.75, 3.05) is 61.5 Å². The van der Waals surface area contributed by atoms with Crippen LogP contribution in [0.15, 0.2) is 47.4 Å². The van der Waals surface area contributed by atoms with Gasteiger partial charge in [0.05, 0.1) is 34.6 Å². The monoisotopic (exact) mass is 942 g/mol. The SMILES string of the molecule is CC[C@@H]1CN(C2CC(OC3CCN(c4ncc(Cl)c(Nc5ccc6c(c5)cc(OCC(=O)NC)c(=O)n6C(C)C)n4)CC3)C2)CCN1c1ccc2c(c1Cl)CN(C1CCC(=O)NC1=O)C2=O. The van der Waals surface area contributed by atoms with E-state index in [4.69, 9.17) is 37.7 Å². The Morgan fingerprint density at radius 2 is 1.76 bits per heavy atom. The molecule has 5 aliphatic rings. The van der Waals surface area contributed by atoms with E-state index in [1.807, 2.05) is 44.2 Å². The van der Waals surface area contributed by atoms with E-state index in [0.29, 0.717) is 45.5 Å². The number of anilines is 4. The molecule has 1 saturated carbocycles. The lowest BCUT2D eigenvalue weighted by atomic mass is 9.86. The molecule has 0 bridgehead atoms. The van der Waals surface area contributed by atoms with Crippen molar-refractivity contribution >= 4 is 80.9 Å². The van der Waals surface area contributed by atoms with Gasteiger partial charge in [-0.05, 0) is 88.8 Å². The van der Waals surface area contributed by atoms with E-state index in [2.05, 4.69) is 42.6 Å². The van der Waals surface area contributed by atoms with Crippen LogP contribution in [0.1, 0.15) is 87.7 Å². The molecule has 2 atom stereocenters. The maximum Gasteiger partial charge on any atom is 0.293 e. The number of benzene rings is 2. The number of pyridine rings is 1. The molecule has 0 radical (unpaired) electrons.